The van der Waals surface area contributed by atoms with E-state index in [-0.39, 0.29) is 18.5 Å². The molecule has 1 saturated carbocycles. The van der Waals surface area contributed by atoms with E-state index in [1.54, 1.807) is 11.8 Å². The fraction of sp³-hybridized carbons (Fsp3) is 0.692. The summed E-state index contributed by atoms with van der Waals surface area (Å²) in [6, 6.07) is 8.94. The Bertz CT molecular complexity index is 819. The van der Waals surface area contributed by atoms with Crippen LogP contribution in [0.3, 0.4) is 0 Å². The van der Waals surface area contributed by atoms with E-state index in [4.69, 9.17) is 9.57 Å². The van der Waals surface area contributed by atoms with Crippen molar-refractivity contribution in [3.8, 4) is 0 Å². The largest absolute Gasteiger partial charge is 0.453 e. The number of hydrogen-bond acceptors (Lipinski definition) is 7. The van der Waals surface area contributed by atoms with E-state index >= 15 is 0 Å². The number of β-amino-alcohol motifs (C(OH)–C–C–N with tert-alkyl or cyclic N) is 1. The number of carbonyl (C=O) groups excluding carboxylic acids is 2. The van der Waals surface area contributed by atoms with Gasteiger partial charge in [0.05, 0.1) is 30.9 Å². The summed E-state index contributed by atoms with van der Waals surface area (Å²) < 4.78 is 4.80. The molecule has 1 heterocycles. The van der Waals surface area contributed by atoms with Gasteiger partial charge in [-0.15, -0.1) is 11.8 Å². The number of amides is 2. The minimum absolute atomic E-state index is 0.174. The van der Waals surface area contributed by atoms with Gasteiger partial charge in [0.1, 0.15) is 0 Å². The second-order valence-corrected chi connectivity index (χ2v) is 11.7. The van der Waals surface area contributed by atoms with E-state index in [1.165, 1.54) is 20.0 Å². The van der Waals surface area contributed by atoms with E-state index in [2.05, 4.69) is 15.7 Å². The summed E-state index contributed by atoms with van der Waals surface area (Å²) >= 11 is 1.56. The Hall–Kier alpha value is -1.81. The van der Waals surface area contributed by atoms with Gasteiger partial charge in [-0.05, 0) is 57.6 Å². The van der Waals surface area contributed by atoms with E-state index in [9.17, 15) is 14.7 Å². The van der Waals surface area contributed by atoms with E-state index in [1.807, 2.05) is 51.1 Å². The highest BCUT2D eigenvalue weighted by molar-refractivity contribution is 7.99. The first-order valence-corrected chi connectivity index (χ1v) is 13.6. The minimum atomic E-state index is -0.871. The number of nitrogens with one attached hydrogen (secondary N) is 2. The van der Waals surface area contributed by atoms with Crippen LogP contribution in [0.5, 0.6) is 0 Å². The fourth-order valence-corrected chi connectivity index (χ4v) is 6.00. The third-order valence-corrected chi connectivity index (χ3v) is 7.94. The summed E-state index contributed by atoms with van der Waals surface area (Å²) in [4.78, 5) is 33.9. The number of thioether (sulfide) groups is 1. The summed E-state index contributed by atoms with van der Waals surface area (Å²) in [5.74, 6) is 1.34. The third-order valence-electron chi connectivity index (χ3n) is 6.81. The average molecular weight is 508 g/mol. The van der Waals surface area contributed by atoms with Crippen molar-refractivity contribution in [1.82, 2.24) is 15.7 Å². The molecule has 0 aromatic heterocycles. The summed E-state index contributed by atoms with van der Waals surface area (Å²) in [6.45, 7) is 6.70. The van der Waals surface area contributed by atoms with Crippen LogP contribution in [0.4, 0.5) is 4.79 Å². The maximum atomic E-state index is 13.2. The van der Waals surface area contributed by atoms with Crippen molar-refractivity contribution in [3.63, 3.8) is 0 Å². The van der Waals surface area contributed by atoms with Crippen molar-refractivity contribution < 1.29 is 24.3 Å². The van der Waals surface area contributed by atoms with Gasteiger partial charge in [0.15, 0.2) is 0 Å². The molecule has 0 bridgehead atoms. The molecule has 5 atom stereocenters. The van der Waals surface area contributed by atoms with Crippen molar-refractivity contribution in [2.45, 2.75) is 81.6 Å². The summed E-state index contributed by atoms with van der Waals surface area (Å²) in [7, 11) is 1.31. The van der Waals surface area contributed by atoms with E-state index < -0.39 is 23.8 Å². The van der Waals surface area contributed by atoms with Crippen molar-refractivity contribution in [3.05, 3.63) is 30.3 Å². The lowest BCUT2D eigenvalue weighted by atomic mass is 9.72. The Morgan fingerprint density at radius 3 is 2.51 bits per heavy atom. The predicted molar refractivity (Wildman–Crippen MR) is 137 cm³/mol. The molecule has 0 radical (unpaired) electrons. The van der Waals surface area contributed by atoms with Crippen LogP contribution in [0.15, 0.2) is 35.2 Å². The minimum Gasteiger partial charge on any atom is -0.453 e. The van der Waals surface area contributed by atoms with Gasteiger partial charge < -0.3 is 15.2 Å². The molecule has 1 aromatic carbocycles. The molecule has 3 rings (SSSR count). The summed E-state index contributed by atoms with van der Waals surface area (Å²) in [5.41, 5.74) is 2.16. The van der Waals surface area contributed by atoms with Gasteiger partial charge in [0.25, 0.3) is 5.91 Å². The highest BCUT2D eigenvalue weighted by Gasteiger charge is 2.41. The van der Waals surface area contributed by atoms with Crippen molar-refractivity contribution >= 4 is 23.8 Å². The first kappa shape index (κ1) is 27.8. The molecule has 0 spiro atoms. The Morgan fingerprint density at radius 1 is 1.17 bits per heavy atom. The molecule has 9 heteroatoms. The molecule has 196 valence electrons. The molecule has 1 aliphatic carbocycles. The number of piperidine rings is 1. The van der Waals surface area contributed by atoms with Crippen LogP contribution < -0.4 is 10.8 Å². The van der Waals surface area contributed by atoms with Crippen LogP contribution in [-0.2, 0) is 14.4 Å². The highest BCUT2D eigenvalue weighted by atomic mass is 32.2. The molecule has 2 amide bonds. The normalized spacial score (nSPS) is 24.7. The molecule has 2 fully saturated rings. The number of aliphatic hydroxyl groups excluding tert-OH is 1. The molecule has 3 N–H and O–H groups in total. The number of nitrogens with zero attached hydrogens (tertiary/aromatic N) is 1. The number of carbonyl (C=O) groups is 2. The number of fused-ring (bicyclic) bond motifs is 1. The number of likely N-dealkylation sites (tertiary alicyclic amines) is 1. The zero-order chi connectivity index (χ0) is 25.4. The van der Waals surface area contributed by atoms with Crippen LogP contribution in [0.25, 0.3) is 0 Å². The highest BCUT2D eigenvalue weighted by Crippen LogP contribution is 2.38. The van der Waals surface area contributed by atoms with Gasteiger partial charge >= 0.3 is 6.09 Å². The summed E-state index contributed by atoms with van der Waals surface area (Å²) in [5, 5.41) is 14.0. The van der Waals surface area contributed by atoms with Gasteiger partial charge in [0, 0.05) is 23.7 Å². The van der Waals surface area contributed by atoms with E-state index in [0.717, 1.165) is 30.7 Å². The number of aliphatic hydroxyl groups is 1. The zero-order valence-corrected chi connectivity index (χ0v) is 22.2. The molecule has 1 aromatic rings. The van der Waals surface area contributed by atoms with Crippen molar-refractivity contribution in [2.75, 3.05) is 26.0 Å². The first-order valence-electron chi connectivity index (χ1n) is 12.6. The number of alkyl carbamates (subject to hydrolysis) is 1. The second-order valence-electron chi connectivity index (χ2n) is 10.6. The molecule has 1 aliphatic heterocycles. The Labute approximate surface area is 213 Å². The molecular weight excluding hydrogens is 466 g/mol. The van der Waals surface area contributed by atoms with Crippen LogP contribution in [-0.4, -0.2) is 71.7 Å². The third kappa shape index (κ3) is 8.66. The quantitative estimate of drug-likeness (QED) is 0.347. The molecule has 2 aliphatic rings. The number of hydrogen-bond donors (Lipinski definition) is 3. The number of rotatable bonds is 9. The molecular formula is C26H41N3O5S. The Balaban J connectivity index is 1.71. The number of methoxy groups -OCH3 is 1. The molecule has 1 saturated heterocycles. The van der Waals surface area contributed by atoms with Crippen LogP contribution >= 0.6 is 11.8 Å². The lowest BCUT2D eigenvalue weighted by molar-refractivity contribution is -0.155. The lowest BCUT2D eigenvalue weighted by Crippen LogP contribution is -2.59. The second kappa shape index (κ2) is 12.9. The Morgan fingerprint density at radius 2 is 1.86 bits per heavy atom. The van der Waals surface area contributed by atoms with Crippen LogP contribution in [0, 0.1) is 11.8 Å². The van der Waals surface area contributed by atoms with Crippen LogP contribution in [0.2, 0.25) is 0 Å². The van der Waals surface area contributed by atoms with Crippen molar-refractivity contribution in [1.29, 1.82) is 0 Å². The monoisotopic (exact) mass is 507 g/mol. The maximum Gasteiger partial charge on any atom is 0.407 e. The average Bonchev–Trinajstić information content (AvgIpc) is 2.84. The van der Waals surface area contributed by atoms with Crippen LogP contribution in [0.1, 0.15) is 52.9 Å². The summed E-state index contributed by atoms with van der Waals surface area (Å²) in [6.07, 6.45) is 4.01. The number of hydroxylamine groups is 1. The first-order chi connectivity index (χ1) is 16.7. The van der Waals surface area contributed by atoms with E-state index in [0.29, 0.717) is 17.6 Å². The van der Waals surface area contributed by atoms with Gasteiger partial charge in [-0.3, -0.25) is 14.5 Å². The van der Waals surface area contributed by atoms with Gasteiger partial charge in [0.2, 0.25) is 0 Å². The molecule has 35 heavy (non-hydrogen) atoms. The Kier molecular flexibility index (Phi) is 10.3. The SMILES string of the molecule is COC(=O)N[C@@H](CSc1ccccc1)[C@H](O)CN1C[C@H]2CCCC[C@H]2C[C@H]1C(=O)NOC(C)(C)C. The predicted octanol–water partition coefficient (Wildman–Crippen LogP) is 3.59. The number of benzene rings is 1. The topological polar surface area (TPSA) is 100 Å². The molecule has 0 unspecified atom stereocenters. The fourth-order valence-electron chi connectivity index (χ4n) is 4.97. The smallest absolute Gasteiger partial charge is 0.407 e. The van der Waals surface area contributed by atoms with Gasteiger partial charge in [-0.2, -0.15) is 0 Å². The zero-order valence-electron chi connectivity index (χ0n) is 21.4. The standard InChI is InChI=1S/C26H41N3O5S/c1-26(2,3)34-28-24(31)22-14-18-10-8-9-11-19(18)15-29(22)16-23(30)21(27-25(32)33-4)17-35-20-12-6-5-7-13-20/h5-7,12-13,18-19,21-23,30H,8-11,14-17H2,1-4H3,(H,27,32)(H,28,31)/t18-,19+,21-,22-,23+/m0/s1. The lowest BCUT2D eigenvalue weighted by Gasteiger charge is -2.46. The maximum absolute atomic E-state index is 13.2. The van der Waals surface area contributed by atoms with Gasteiger partial charge in [-0.1, -0.05) is 37.5 Å². The van der Waals surface area contributed by atoms with Crippen molar-refractivity contribution in [2.24, 2.45) is 11.8 Å². The van der Waals surface area contributed by atoms with Gasteiger partial charge in [-0.25, -0.2) is 10.3 Å². The molecule has 8 nitrogen and oxygen atoms in total. The number of ether oxygens (including phenoxy) is 1.